The highest BCUT2D eigenvalue weighted by atomic mass is 19.1. The number of likely N-dealkylation sites (N-methyl/N-ethyl adjacent to an activating group) is 1. The second-order valence-corrected chi connectivity index (χ2v) is 5.05. The Morgan fingerprint density at radius 2 is 1.95 bits per heavy atom. The molecule has 1 rings (SSSR count). The van der Waals surface area contributed by atoms with Crippen molar-refractivity contribution in [2.45, 2.75) is 26.3 Å². The Bertz CT molecular complexity index is 547. The van der Waals surface area contributed by atoms with Crippen molar-refractivity contribution in [3.8, 4) is 0 Å². The van der Waals surface area contributed by atoms with E-state index >= 15 is 0 Å². The molecule has 116 valence electrons. The maximum Gasteiger partial charge on any atom is 0.323 e. The van der Waals surface area contributed by atoms with Gasteiger partial charge < -0.3 is 10.4 Å². The van der Waals surface area contributed by atoms with Gasteiger partial charge in [-0.25, -0.2) is 8.78 Å². The molecule has 0 bridgehead atoms. The summed E-state index contributed by atoms with van der Waals surface area (Å²) in [5, 5.41) is 11.4. The van der Waals surface area contributed by atoms with E-state index in [9.17, 15) is 18.4 Å². The van der Waals surface area contributed by atoms with E-state index in [0.717, 1.165) is 18.2 Å². The predicted molar refractivity (Wildman–Crippen MR) is 73.9 cm³/mol. The van der Waals surface area contributed by atoms with Gasteiger partial charge in [0.1, 0.15) is 17.2 Å². The molecule has 0 aliphatic heterocycles. The number of nitrogens with zero attached hydrogens (tertiary/aromatic N) is 1. The first kappa shape index (κ1) is 17.0. The van der Waals surface area contributed by atoms with E-state index in [2.05, 4.69) is 5.32 Å². The number of benzene rings is 1. The van der Waals surface area contributed by atoms with Crippen molar-refractivity contribution in [1.82, 2.24) is 4.90 Å². The minimum absolute atomic E-state index is 0.244. The van der Waals surface area contributed by atoms with Crippen LogP contribution < -0.4 is 5.32 Å². The van der Waals surface area contributed by atoms with Crippen LogP contribution in [0.25, 0.3) is 0 Å². The van der Waals surface area contributed by atoms with Crippen molar-refractivity contribution >= 4 is 17.6 Å². The molecular formula is C14H18F2N2O3. The van der Waals surface area contributed by atoms with Gasteiger partial charge in [-0.05, 0) is 32.5 Å². The van der Waals surface area contributed by atoms with Crippen molar-refractivity contribution in [2.75, 3.05) is 18.4 Å². The third-order valence-corrected chi connectivity index (χ3v) is 3.23. The van der Waals surface area contributed by atoms with Crippen LogP contribution in [0.15, 0.2) is 18.2 Å². The molecule has 0 atom stereocenters. The first-order chi connectivity index (χ1) is 9.68. The molecule has 0 unspecified atom stereocenters. The Morgan fingerprint density at radius 1 is 1.33 bits per heavy atom. The Kier molecular flexibility index (Phi) is 5.37. The average Bonchev–Trinajstić information content (AvgIpc) is 2.39. The van der Waals surface area contributed by atoms with Crippen molar-refractivity contribution in [2.24, 2.45) is 0 Å². The predicted octanol–water partition coefficient (Wildman–Crippen LogP) is 2.09. The van der Waals surface area contributed by atoms with Gasteiger partial charge in [0.2, 0.25) is 5.91 Å². The second kappa shape index (κ2) is 6.62. The zero-order valence-electron chi connectivity index (χ0n) is 12.1. The van der Waals surface area contributed by atoms with E-state index in [-0.39, 0.29) is 12.2 Å². The fraction of sp³-hybridized carbons (Fsp3) is 0.429. The number of halogens is 2. The average molecular weight is 300 g/mol. The van der Waals surface area contributed by atoms with Gasteiger partial charge in [-0.2, -0.15) is 0 Å². The minimum Gasteiger partial charge on any atom is -0.480 e. The van der Waals surface area contributed by atoms with Crippen LogP contribution in [-0.4, -0.2) is 40.5 Å². The van der Waals surface area contributed by atoms with Crippen molar-refractivity contribution in [3.63, 3.8) is 0 Å². The maximum absolute atomic E-state index is 13.4. The van der Waals surface area contributed by atoms with Crippen LogP contribution in [0, 0.1) is 11.6 Å². The molecule has 21 heavy (non-hydrogen) atoms. The highest BCUT2D eigenvalue weighted by Gasteiger charge is 2.34. The lowest BCUT2D eigenvalue weighted by atomic mass is 10.0. The van der Waals surface area contributed by atoms with E-state index < -0.39 is 29.0 Å². The number of carboxylic acids is 1. The SMILES string of the molecule is CCN(CC(=O)Nc1cc(F)ccc1F)C(C)(C)C(=O)O. The molecular weight excluding hydrogens is 282 g/mol. The molecule has 0 saturated carbocycles. The van der Waals surface area contributed by atoms with E-state index in [1.807, 2.05) is 0 Å². The summed E-state index contributed by atoms with van der Waals surface area (Å²) in [7, 11) is 0. The van der Waals surface area contributed by atoms with E-state index in [4.69, 9.17) is 5.11 Å². The molecule has 0 aliphatic rings. The van der Waals surface area contributed by atoms with Crippen LogP contribution in [0.2, 0.25) is 0 Å². The van der Waals surface area contributed by atoms with Crippen molar-refractivity contribution in [3.05, 3.63) is 29.8 Å². The fourth-order valence-electron chi connectivity index (χ4n) is 1.80. The fourth-order valence-corrected chi connectivity index (χ4v) is 1.80. The molecule has 0 radical (unpaired) electrons. The lowest BCUT2D eigenvalue weighted by Crippen LogP contribution is -2.52. The number of hydrogen-bond acceptors (Lipinski definition) is 3. The number of carbonyl (C=O) groups is 2. The third kappa shape index (κ3) is 4.22. The molecule has 0 spiro atoms. The summed E-state index contributed by atoms with van der Waals surface area (Å²) in [5.74, 6) is -3.13. The lowest BCUT2D eigenvalue weighted by Gasteiger charge is -2.33. The summed E-state index contributed by atoms with van der Waals surface area (Å²) in [5.41, 5.74) is -1.52. The normalized spacial score (nSPS) is 11.5. The van der Waals surface area contributed by atoms with Gasteiger partial charge in [0, 0.05) is 6.07 Å². The molecule has 0 saturated heterocycles. The summed E-state index contributed by atoms with van der Waals surface area (Å²) in [4.78, 5) is 24.5. The molecule has 1 aromatic carbocycles. The molecule has 2 N–H and O–H groups in total. The zero-order chi connectivity index (χ0) is 16.2. The Labute approximate surface area is 121 Å². The molecule has 0 aromatic heterocycles. The Hall–Kier alpha value is -2.02. The molecule has 0 fully saturated rings. The monoisotopic (exact) mass is 300 g/mol. The summed E-state index contributed by atoms with van der Waals surface area (Å²) >= 11 is 0. The summed E-state index contributed by atoms with van der Waals surface area (Å²) in [6.07, 6.45) is 0. The standard InChI is InChI=1S/C14H18F2N2O3/c1-4-18(14(2,3)13(20)21)8-12(19)17-11-7-9(15)5-6-10(11)16/h5-7H,4,8H2,1-3H3,(H,17,19)(H,20,21). The summed E-state index contributed by atoms with van der Waals surface area (Å²) in [6.45, 7) is 4.72. The number of rotatable bonds is 6. The number of amides is 1. The van der Waals surface area contributed by atoms with Gasteiger partial charge in [0.15, 0.2) is 0 Å². The second-order valence-electron chi connectivity index (χ2n) is 5.05. The number of carboxylic acid groups (broad SMARTS) is 1. The van der Waals surface area contributed by atoms with E-state index in [1.165, 1.54) is 18.7 Å². The molecule has 0 heterocycles. The number of anilines is 1. The smallest absolute Gasteiger partial charge is 0.323 e. The Morgan fingerprint density at radius 3 is 2.48 bits per heavy atom. The quantitative estimate of drug-likeness (QED) is 0.844. The number of aliphatic carboxylic acids is 1. The molecule has 1 amide bonds. The first-order valence-corrected chi connectivity index (χ1v) is 6.41. The van der Waals surface area contributed by atoms with Crippen molar-refractivity contribution in [1.29, 1.82) is 0 Å². The van der Waals surface area contributed by atoms with Crippen LogP contribution in [0.1, 0.15) is 20.8 Å². The van der Waals surface area contributed by atoms with E-state index in [0.29, 0.717) is 6.54 Å². The maximum atomic E-state index is 13.4. The summed E-state index contributed by atoms with van der Waals surface area (Å²) in [6, 6.07) is 2.71. The molecule has 7 heteroatoms. The van der Waals surface area contributed by atoms with Gasteiger partial charge in [-0.3, -0.25) is 14.5 Å². The van der Waals surface area contributed by atoms with Gasteiger partial charge in [0.05, 0.1) is 12.2 Å². The van der Waals surface area contributed by atoms with Gasteiger partial charge >= 0.3 is 5.97 Å². The third-order valence-electron chi connectivity index (χ3n) is 3.23. The van der Waals surface area contributed by atoms with Crippen LogP contribution in [-0.2, 0) is 9.59 Å². The Balaban J connectivity index is 2.80. The largest absolute Gasteiger partial charge is 0.480 e. The van der Waals surface area contributed by atoms with Crippen LogP contribution in [0.3, 0.4) is 0 Å². The summed E-state index contributed by atoms with van der Waals surface area (Å²) < 4.78 is 26.4. The van der Waals surface area contributed by atoms with Crippen LogP contribution in [0.5, 0.6) is 0 Å². The van der Waals surface area contributed by atoms with E-state index in [1.54, 1.807) is 6.92 Å². The topological polar surface area (TPSA) is 69.6 Å². The van der Waals surface area contributed by atoms with Gasteiger partial charge in [-0.1, -0.05) is 6.92 Å². The van der Waals surface area contributed by atoms with Gasteiger partial charge in [0.25, 0.3) is 0 Å². The van der Waals surface area contributed by atoms with Crippen LogP contribution in [0.4, 0.5) is 14.5 Å². The van der Waals surface area contributed by atoms with Crippen molar-refractivity contribution < 1.29 is 23.5 Å². The zero-order valence-corrected chi connectivity index (χ0v) is 12.1. The minimum atomic E-state index is -1.24. The molecule has 0 aliphatic carbocycles. The number of hydrogen-bond donors (Lipinski definition) is 2. The first-order valence-electron chi connectivity index (χ1n) is 6.41. The number of nitrogens with one attached hydrogen (secondary N) is 1. The number of carbonyl (C=O) groups excluding carboxylic acids is 1. The highest BCUT2D eigenvalue weighted by Crippen LogP contribution is 2.17. The molecule has 5 nitrogen and oxygen atoms in total. The molecule has 1 aromatic rings. The van der Waals surface area contributed by atoms with Gasteiger partial charge in [-0.15, -0.1) is 0 Å². The highest BCUT2D eigenvalue weighted by molar-refractivity contribution is 5.93. The van der Waals surface area contributed by atoms with Crippen LogP contribution >= 0.6 is 0 Å². The lowest BCUT2D eigenvalue weighted by molar-refractivity contribution is -0.149.